The SMILES string of the molecule is CC1(C)CN(c2ccc([N+](=O)[O-])c(CCl)c2)CCS1. The fraction of sp³-hybridized carbons (Fsp3) is 0.538. The van der Waals surface area contributed by atoms with Gasteiger partial charge in [0.15, 0.2) is 0 Å². The van der Waals surface area contributed by atoms with Crippen molar-refractivity contribution in [2.45, 2.75) is 24.5 Å². The van der Waals surface area contributed by atoms with E-state index in [-0.39, 0.29) is 21.2 Å². The van der Waals surface area contributed by atoms with Crippen LogP contribution >= 0.6 is 23.4 Å². The van der Waals surface area contributed by atoms with Gasteiger partial charge in [0, 0.05) is 40.9 Å². The number of nitro groups is 1. The van der Waals surface area contributed by atoms with Gasteiger partial charge in [0.05, 0.1) is 10.8 Å². The van der Waals surface area contributed by atoms with Gasteiger partial charge >= 0.3 is 0 Å². The Labute approximate surface area is 122 Å². The number of hydrogen-bond acceptors (Lipinski definition) is 4. The summed E-state index contributed by atoms with van der Waals surface area (Å²) in [5, 5.41) is 10.9. The average Bonchev–Trinajstić information content (AvgIpc) is 2.36. The van der Waals surface area contributed by atoms with Crippen molar-refractivity contribution in [2.24, 2.45) is 0 Å². The minimum absolute atomic E-state index is 0.101. The molecule has 4 nitrogen and oxygen atoms in total. The first-order valence-corrected chi connectivity index (χ1v) is 7.67. The normalized spacial score (nSPS) is 18.4. The van der Waals surface area contributed by atoms with Crippen molar-refractivity contribution in [1.29, 1.82) is 0 Å². The van der Waals surface area contributed by atoms with Crippen molar-refractivity contribution in [3.8, 4) is 0 Å². The lowest BCUT2D eigenvalue weighted by molar-refractivity contribution is -0.385. The van der Waals surface area contributed by atoms with Crippen LogP contribution in [0.25, 0.3) is 0 Å². The quantitative estimate of drug-likeness (QED) is 0.485. The number of nitrogens with zero attached hydrogens (tertiary/aromatic N) is 2. The van der Waals surface area contributed by atoms with Crippen molar-refractivity contribution in [3.05, 3.63) is 33.9 Å². The zero-order chi connectivity index (χ0) is 14.0. The highest BCUT2D eigenvalue weighted by Gasteiger charge is 2.27. The van der Waals surface area contributed by atoms with Gasteiger partial charge in [-0.25, -0.2) is 0 Å². The number of anilines is 1. The van der Waals surface area contributed by atoms with Gasteiger partial charge in [-0.05, 0) is 26.0 Å². The lowest BCUT2D eigenvalue weighted by Gasteiger charge is -2.39. The molecule has 1 aliphatic rings. The molecule has 0 aliphatic carbocycles. The summed E-state index contributed by atoms with van der Waals surface area (Å²) < 4.78 is 0.209. The van der Waals surface area contributed by atoms with Gasteiger partial charge < -0.3 is 4.90 Å². The molecule has 104 valence electrons. The van der Waals surface area contributed by atoms with Crippen LogP contribution in [0.3, 0.4) is 0 Å². The maximum atomic E-state index is 10.9. The molecule has 2 rings (SSSR count). The molecule has 1 aliphatic heterocycles. The van der Waals surface area contributed by atoms with E-state index in [0.29, 0.717) is 5.56 Å². The molecular formula is C13H17ClN2O2S. The fourth-order valence-electron chi connectivity index (χ4n) is 2.29. The molecule has 0 bridgehead atoms. The van der Waals surface area contributed by atoms with E-state index in [9.17, 15) is 10.1 Å². The molecule has 0 atom stereocenters. The third-order valence-corrected chi connectivity index (χ3v) is 4.78. The predicted octanol–water partition coefficient (Wildman–Crippen LogP) is 3.67. The molecule has 1 fully saturated rings. The van der Waals surface area contributed by atoms with Crippen molar-refractivity contribution in [3.63, 3.8) is 0 Å². The summed E-state index contributed by atoms with van der Waals surface area (Å²) in [6.07, 6.45) is 0. The minimum Gasteiger partial charge on any atom is -0.369 e. The Hall–Kier alpha value is -0.940. The van der Waals surface area contributed by atoms with Crippen molar-refractivity contribution in [2.75, 3.05) is 23.7 Å². The molecule has 19 heavy (non-hydrogen) atoms. The second-order valence-corrected chi connectivity index (χ2v) is 7.30. The Bertz CT molecular complexity index is 494. The first kappa shape index (κ1) is 14.5. The molecule has 0 spiro atoms. The lowest BCUT2D eigenvalue weighted by Crippen LogP contribution is -2.43. The summed E-state index contributed by atoms with van der Waals surface area (Å²) in [6, 6.07) is 5.22. The summed E-state index contributed by atoms with van der Waals surface area (Å²) >= 11 is 7.78. The Morgan fingerprint density at radius 1 is 1.53 bits per heavy atom. The van der Waals surface area contributed by atoms with Crippen LogP contribution in [0.5, 0.6) is 0 Å². The largest absolute Gasteiger partial charge is 0.369 e. The Morgan fingerprint density at radius 3 is 2.84 bits per heavy atom. The van der Waals surface area contributed by atoms with Gasteiger partial charge in [-0.1, -0.05) is 0 Å². The molecule has 0 aromatic heterocycles. The van der Waals surface area contributed by atoms with E-state index in [2.05, 4.69) is 18.7 Å². The van der Waals surface area contributed by atoms with Gasteiger partial charge in [-0.2, -0.15) is 11.8 Å². The van der Waals surface area contributed by atoms with Crippen molar-refractivity contribution in [1.82, 2.24) is 0 Å². The smallest absolute Gasteiger partial charge is 0.273 e. The van der Waals surface area contributed by atoms with Crippen LogP contribution < -0.4 is 4.90 Å². The first-order valence-electron chi connectivity index (χ1n) is 6.15. The van der Waals surface area contributed by atoms with E-state index in [1.807, 2.05) is 23.9 Å². The summed E-state index contributed by atoms with van der Waals surface area (Å²) in [4.78, 5) is 12.8. The van der Waals surface area contributed by atoms with Crippen LogP contribution in [0, 0.1) is 10.1 Å². The van der Waals surface area contributed by atoms with Crippen LogP contribution in [0.15, 0.2) is 18.2 Å². The number of halogens is 1. The number of alkyl halides is 1. The maximum absolute atomic E-state index is 10.9. The third-order valence-electron chi connectivity index (χ3n) is 3.19. The van der Waals surface area contributed by atoms with E-state index >= 15 is 0 Å². The van der Waals surface area contributed by atoms with Crippen LogP contribution in [0.2, 0.25) is 0 Å². The standard InChI is InChI=1S/C13H17ClN2O2S/c1-13(2)9-15(5-6-19-13)11-3-4-12(16(17)18)10(7-11)8-14/h3-4,7H,5-6,8-9H2,1-2H3. The molecule has 6 heteroatoms. The monoisotopic (exact) mass is 300 g/mol. The van der Waals surface area contributed by atoms with Crippen LogP contribution in [0.1, 0.15) is 19.4 Å². The second kappa shape index (κ2) is 5.59. The molecule has 1 aromatic rings. The molecule has 0 amide bonds. The minimum atomic E-state index is -0.377. The molecule has 1 saturated heterocycles. The zero-order valence-corrected chi connectivity index (χ0v) is 12.6. The van der Waals surface area contributed by atoms with Gasteiger partial charge in [0.1, 0.15) is 0 Å². The first-order chi connectivity index (χ1) is 8.93. The van der Waals surface area contributed by atoms with E-state index in [1.54, 1.807) is 6.07 Å². The summed E-state index contributed by atoms with van der Waals surface area (Å²) in [6.45, 7) is 6.35. The van der Waals surface area contributed by atoms with E-state index < -0.39 is 0 Å². The van der Waals surface area contributed by atoms with Crippen LogP contribution in [0.4, 0.5) is 11.4 Å². The van der Waals surface area contributed by atoms with E-state index in [4.69, 9.17) is 11.6 Å². The van der Waals surface area contributed by atoms with Crippen LogP contribution in [-0.4, -0.2) is 28.5 Å². The van der Waals surface area contributed by atoms with Gasteiger partial charge in [-0.3, -0.25) is 10.1 Å². The topological polar surface area (TPSA) is 46.4 Å². The van der Waals surface area contributed by atoms with Crippen molar-refractivity contribution >= 4 is 34.7 Å². The average molecular weight is 301 g/mol. The van der Waals surface area contributed by atoms with Crippen LogP contribution in [-0.2, 0) is 5.88 Å². The highest BCUT2D eigenvalue weighted by atomic mass is 35.5. The molecule has 0 N–H and O–H groups in total. The summed E-state index contributed by atoms with van der Waals surface area (Å²) in [7, 11) is 0. The number of benzene rings is 1. The van der Waals surface area contributed by atoms with Gasteiger partial charge in [-0.15, -0.1) is 11.6 Å². The second-order valence-electron chi connectivity index (χ2n) is 5.23. The number of nitro benzene ring substituents is 1. The molecule has 0 saturated carbocycles. The summed E-state index contributed by atoms with van der Waals surface area (Å²) in [5.74, 6) is 1.23. The van der Waals surface area contributed by atoms with E-state index in [0.717, 1.165) is 24.5 Å². The molecule has 1 heterocycles. The number of rotatable bonds is 3. The Kier molecular flexibility index (Phi) is 4.26. The van der Waals surface area contributed by atoms with Gasteiger partial charge in [0.2, 0.25) is 0 Å². The number of thioether (sulfide) groups is 1. The Morgan fingerprint density at radius 2 is 2.26 bits per heavy atom. The highest BCUT2D eigenvalue weighted by Crippen LogP contribution is 2.34. The van der Waals surface area contributed by atoms with Gasteiger partial charge in [0.25, 0.3) is 5.69 Å². The number of hydrogen-bond donors (Lipinski definition) is 0. The molecule has 1 aromatic carbocycles. The maximum Gasteiger partial charge on any atom is 0.273 e. The van der Waals surface area contributed by atoms with Crippen molar-refractivity contribution < 1.29 is 4.92 Å². The summed E-state index contributed by atoms with van der Waals surface area (Å²) in [5.41, 5.74) is 1.71. The van der Waals surface area contributed by atoms with E-state index in [1.165, 1.54) is 0 Å². The highest BCUT2D eigenvalue weighted by molar-refractivity contribution is 8.00. The lowest BCUT2D eigenvalue weighted by atomic mass is 10.1. The fourth-order valence-corrected chi connectivity index (χ4v) is 3.62. The molecule has 0 radical (unpaired) electrons. The third kappa shape index (κ3) is 3.34. The Balaban J connectivity index is 2.28. The predicted molar refractivity (Wildman–Crippen MR) is 81.4 cm³/mol. The molecule has 0 unspecified atom stereocenters. The molecular weight excluding hydrogens is 284 g/mol. The zero-order valence-electron chi connectivity index (χ0n) is 11.1.